The van der Waals surface area contributed by atoms with Gasteiger partial charge in [-0.1, -0.05) is 12.1 Å². The van der Waals surface area contributed by atoms with Crippen LogP contribution in [0.1, 0.15) is 10.4 Å². The first-order valence-electron chi connectivity index (χ1n) is 6.82. The molecule has 0 aliphatic carbocycles. The fourth-order valence-corrected chi connectivity index (χ4v) is 4.06. The van der Waals surface area contributed by atoms with Crippen LogP contribution in [0.25, 0.3) is 0 Å². The lowest BCUT2D eigenvalue weighted by Crippen LogP contribution is -2.28. The lowest BCUT2D eigenvalue weighted by atomic mass is 10.2. The van der Waals surface area contributed by atoms with Crippen molar-refractivity contribution in [3.8, 4) is 5.75 Å². The topological polar surface area (TPSA) is 72.9 Å². The Morgan fingerprint density at radius 2 is 1.79 bits per heavy atom. The summed E-state index contributed by atoms with van der Waals surface area (Å²) >= 11 is 3.27. The fourth-order valence-electron chi connectivity index (χ4n) is 2.13. The van der Waals surface area contributed by atoms with E-state index in [-0.39, 0.29) is 16.1 Å². The Balaban J connectivity index is 2.51. The molecule has 0 unspecified atom stereocenters. The number of carbonyl (C=O) groups excluding carboxylic acids is 1. The quantitative estimate of drug-likeness (QED) is 0.704. The summed E-state index contributed by atoms with van der Waals surface area (Å²) in [6.45, 7) is 0. The van der Waals surface area contributed by atoms with Crippen LogP contribution in [-0.2, 0) is 14.8 Å². The van der Waals surface area contributed by atoms with Crippen molar-refractivity contribution in [2.45, 2.75) is 4.90 Å². The van der Waals surface area contributed by atoms with Gasteiger partial charge in [0.25, 0.3) is 10.0 Å². The van der Waals surface area contributed by atoms with Crippen LogP contribution in [-0.4, -0.2) is 35.7 Å². The number of sulfonamides is 1. The average Bonchev–Trinajstić information content (AvgIpc) is 2.60. The molecule has 0 spiro atoms. The first-order valence-corrected chi connectivity index (χ1v) is 9.06. The molecule has 2 aromatic carbocycles. The van der Waals surface area contributed by atoms with Crippen LogP contribution in [0.3, 0.4) is 0 Å². The van der Waals surface area contributed by atoms with Crippen molar-refractivity contribution in [2.75, 3.05) is 25.6 Å². The van der Waals surface area contributed by atoms with Crippen LogP contribution in [0.4, 0.5) is 5.69 Å². The van der Waals surface area contributed by atoms with Crippen LogP contribution in [0.15, 0.2) is 51.8 Å². The summed E-state index contributed by atoms with van der Waals surface area (Å²) < 4.78 is 37.1. The smallest absolute Gasteiger partial charge is 0.340 e. The number of rotatable bonds is 5. The Morgan fingerprint density at radius 3 is 2.38 bits per heavy atom. The Bertz CT molecular complexity index is 867. The van der Waals surface area contributed by atoms with Gasteiger partial charge in [-0.3, -0.25) is 4.31 Å². The number of nitrogens with zero attached hydrogens (tertiary/aromatic N) is 1. The summed E-state index contributed by atoms with van der Waals surface area (Å²) in [7, 11) is 0.258. The number of para-hydroxylation sites is 1. The van der Waals surface area contributed by atoms with Gasteiger partial charge in [0.05, 0.1) is 34.8 Å². The summed E-state index contributed by atoms with van der Waals surface area (Å²) in [6.07, 6.45) is 0. The van der Waals surface area contributed by atoms with Gasteiger partial charge in [-0.15, -0.1) is 0 Å². The van der Waals surface area contributed by atoms with E-state index in [1.54, 1.807) is 24.3 Å². The van der Waals surface area contributed by atoms with Crippen LogP contribution in [0.2, 0.25) is 0 Å². The molecule has 0 bridgehead atoms. The van der Waals surface area contributed by atoms with Gasteiger partial charge in [0.15, 0.2) is 0 Å². The van der Waals surface area contributed by atoms with E-state index in [1.165, 1.54) is 39.5 Å². The Labute approximate surface area is 149 Å². The van der Waals surface area contributed by atoms with Crippen molar-refractivity contribution >= 4 is 37.6 Å². The summed E-state index contributed by atoms with van der Waals surface area (Å²) in [5.41, 5.74) is 0.398. The Hall–Kier alpha value is -2.06. The number of ether oxygens (including phenoxy) is 2. The molecule has 0 radical (unpaired) electrons. The maximum Gasteiger partial charge on any atom is 0.340 e. The number of hydrogen-bond donors (Lipinski definition) is 0. The van der Waals surface area contributed by atoms with Crippen molar-refractivity contribution in [3.05, 3.63) is 52.5 Å². The van der Waals surface area contributed by atoms with E-state index >= 15 is 0 Å². The summed E-state index contributed by atoms with van der Waals surface area (Å²) in [6, 6.07) is 10.8. The Kier molecular flexibility index (Phi) is 5.51. The minimum Gasteiger partial charge on any atom is -0.496 e. The molecule has 0 amide bonds. The minimum atomic E-state index is -3.86. The minimum absolute atomic E-state index is 0.0670. The summed E-state index contributed by atoms with van der Waals surface area (Å²) in [4.78, 5) is 11.9. The van der Waals surface area contributed by atoms with Gasteiger partial charge in [-0.05, 0) is 46.3 Å². The molecule has 2 rings (SSSR count). The highest BCUT2D eigenvalue weighted by Crippen LogP contribution is 2.31. The first kappa shape index (κ1) is 18.3. The van der Waals surface area contributed by atoms with E-state index < -0.39 is 16.0 Å². The largest absolute Gasteiger partial charge is 0.496 e. The van der Waals surface area contributed by atoms with E-state index in [0.29, 0.717) is 10.2 Å². The number of hydrogen-bond acceptors (Lipinski definition) is 5. The number of benzene rings is 2. The number of halogens is 1. The number of anilines is 1. The molecule has 8 heteroatoms. The SMILES string of the molecule is COC(=O)c1ccccc1N(C)S(=O)(=O)c1ccc(OC)c(Br)c1. The third-order valence-corrected chi connectivity index (χ3v) is 5.82. The van der Waals surface area contributed by atoms with Crippen LogP contribution < -0.4 is 9.04 Å². The molecule has 0 heterocycles. The van der Waals surface area contributed by atoms with Crippen LogP contribution >= 0.6 is 15.9 Å². The standard InChI is InChI=1S/C16H16BrNO5S/c1-18(14-7-5-4-6-12(14)16(19)23-3)24(20,21)11-8-9-15(22-2)13(17)10-11/h4-10H,1-3H3. The van der Waals surface area contributed by atoms with Crippen LogP contribution in [0, 0.1) is 0 Å². The van der Waals surface area contributed by atoms with Gasteiger partial charge < -0.3 is 9.47 Å². The molecular weight excluding hydrogens is 398 g/mol. The van der Waals surface area contributed by atoms with Gasteiger partial charge in [-0.25, -0.2) is 13.2 Å². The molecule has 0 N–H and O–H groups in total. The van der Waals surface area contributed by atoms with Gasteiger partial charge in [0.2, 0.25) is 0 Å². The third kappa shape index (κ3) is 3.39. The second kappa shape index (κ2) is 7.23. The predicted octanol–water partition coefficient (Wildman–Crippen LogP) is 3.07. The molecule has 0 atom stereocenters. The lowest BCUT2D eigenvalue weighted by molar-refractivity contribution is 0.0601. The molecule has 0 saturated carbocycles. The van der Waals surface area contributed by atoms with Crippen LogP contribution in [0.5, 0.6) is 5.75 Å². The van der Waals surface area contributed by atoms with E-state index in [4.69, 9.17) is 9.47 Å². The number of esters is 1. The first-order chi connectivity index (χ1) is 11.3. The van der Waals surface area contributed by atoms with E-state index in [2.05, 4.69) is 15.9 Å². The van der Waals surface area contributed by atoms with Gasteiger partial charge in [0.1, 0.15) is 5.75 Å². The number of carbonyl (C=O) groups is 1. The molecular formula is C16H16BrNO5S. The highest BCUT2D eigenvalue weighted by Gasteiger charge is 2.26. The zero-order valence-electron chi connectivity index (χ0n) is 13.3. The summed E-state index contributed by atoms with van der Waals surface area (Å²) in [5.74, 6) is -0.0878. The van der Waals surface area contributed by atoms with E-state index in [9.17, 15) is 13.2 Å². The lowest BCUT2D eigenvalue weighted by Gasteiger charge is -2.22. The van der Waals surface area contributed by atoms with Crippen molar-refractivity contribution < 1.29 is 22.7 Å². The Morgan fingerprint density at radius 1 is 1.12 bits per heavy atom. The molecule has 0 fully saturated rings. The zero-order chi connectivity index (χ0) is 17.9. The van der Waals surface area contributed by atoms with Crippen molar-refractivity contribution in [2.24, 2.45) is 0 Å². The maximum atomic E-state index is 12.9. The second-order valence-electron chi connectivity index (χ2n) is 4.78. The molecule has 0 aliphatic heterocycles. The average molecular weight is 414 g/mol. The molecule has 2 aromatic rings. The predicted molar refractivity (Wildman–Crippen MR) is 94.1 cm³/mol. The highest BCUT2D eigenvalue weighted by atomic mass is 79.9. The third-order valence-electron chi connectivity index (χ3n) is 3.43. The number of methoxy groups -OCH3 is 2. The van der Waals surface area contributed by atoms with Gasteiger partial charge in [-0.2, -0.15) is 0 Å². The fraction of sp³-hybridized carbons (Fsp3) is 0.188. The molecule has 0 saturated heterocycles. The summed E-state index contributed by atoms with van der Waals surface area (Å²) in [5, 5.41) is 0. The molecule has 6 nitrogen and oxygen atoms in total. The second-order valence-corrected chi connectivity index (χ2v) is 7.60. The normalized spacial score (nSPS) is 11.0. The van der Waals surface area contributed by atoms with E-state index in [0.717, 1.165) is 4.31 Å². The molecule has 0 aliphatic rings. The molecule has 128 valence electrons. The molecule has 24 heavy (non-hydrogen) atoms. The van der Waals surface area contributed by atoms with Crippen molar-refractivity contribution in [1.29, 1.82) is 0 Å². The van der Waals surface area contributed by atoms with Crippen molar-refractivity contribution in [3.63, 3.8) is 0 Å². The zero-order valence-corrected chi connectivity index (χ0v) is 15.7. The van der Waals surface area contributed by atoms with Gasteiger partial charge >= 0.3 is 5.97 Å². The monoisotopic (exact) mass is 413 g/mol. The van der Waals surface area contributed by atoms with E-state index in [1.807, 2.05) is 0 Å². The highest BCUT2D eigenvalue weighted by molar-refractivity contribution is 9.10. The maximum absolute atomic E-state index is 12.9. The van der Waals surface area contributed by atoms with Crippen molar-refractivity contribution in [1.82, 2.24) is 0 Å². The van der Waals surface area contributed by atoms with Gasteiger partial charge in [0, 0.05) is 7.05 Å². The molecule has 0 aromatic heterocycles.